The van der Waals surface area contributed by atoms with Gasteiger partial charge in [-0.05, 0) is 43.3 Å². The molecule has 0 spiro atoms. The Kier molecular flexibility index (Phi) is 4.16. The van der Waals surface area contributed by atoms with Crippen molar-refractivity contribution in [2.45, 2.75) is 13.5 Å². The Morgan fingerprint density at radius 3 is 2.64 bits per heavy atom. The molecule has 22 heavy (non-hydrogen) atoms. The molecule has 1 aromatic heterocycles. The number of anilines is 1. The van der Waals surface area contributed by atoms with Gasteiger partial charge in [-0.1, -0.05) is 29.8 Å². The third-order valence-corrected chi connectivity index (χ3v) is 3.96. The molecule has 112 valence electrons. The predicted octanol–water partition coefficient (Wildman–Crippen LogP) is 4.35. The standard InChI is InChI=1S/C18H17ClN2O/c1-2-21(16-6-4-3-5-7-16)18(22)13-20-11-10-14-12-15(19)8-9-17(14)20/h3-12H,2,13H2,1H3. The van der Waals surface area contributed by atoms with E-state index in [1.807, 2.05) is 72.3 Å². The lowest BCUT2D eigenvalue weighted by Gasteiger charge is -2.21. The number of carbonyl (C=O) groups excluding carboxylic acids is 1. The van der Waals surface area contributed by atoms with Gasteiger partial charge in [0.25, 0.3) is 0 Å². The third-order valence-electron chi connectivity index (χ3n) is 3.72. The van der Waals surface area contributed by atoms with Gasteiger partial charge in [0.05, 0.1) is 0 Å². The molecule has 0 N–H and O–H groups in total. The maximum Gasteiger partial charge on any atom is 0.246 e. The molecule has 0 aliphatic rings. The molecule has 0 aliphatic carbocycles. The van der Waals surface area contributed by atoms with Crippen LogP contribution in [-0.2, 0) is 11.3 Å². The zero-order valence-corrected chi connectivity index (χ0v) is 13.1. The lowest BCUT2D eigenvalue weighted by molar-refractivity contribution is -0.119. The van der Waals surface area contributed by atoms with Gasteiger partial charge < -0.3 is 9.47 Å². The molecule has 0 aliphatic heterocycles. The molecule has 0 atom stereocenters. The van der Waals surface area contributed by atoms with Crippen molar-refractivity contribution in [3.63, 3.8) is 0 Å². The highest BCUT2D eigenvalue weighted by atomic mass is 35.5. The summed E-state index contributed by atoms with van der Waals surface area (Å²) in [7, 11) is 0. The first-order valence-electron chi connectivity index (χ1n) is 7.29. The van der Waals surface area contributed by atoms with Crippen LogP contribution in [0.1, 0.15) is 6.92 Å². The van der Waals surface area contributed by atoms with E-state index < -0.39 is 0 Å². The van der Waals surface area contributed by atoms with E-state index in [9.17, 15) is 4.79 Å². The molecule has 0 saturated heterocycles. The number of rotatable bonds is 4. The van der Waals surface area contributed by atoms with Crippen molar-refractivity contribution in [2.24, 2.45) is 0 Å². The number of halogens is 1. The lowest BCUT2D eigenvalue weighted by Crippen LogP contribution is -2.33. The monoisotopic (exact) mass is 312 g/mol. The number of nitrogens with zero attached hydrogens (tertiary/aromatic N) is 2. The maximum atomic E-state index is 12.6. The van der Waals surface area contributed by atoms with E-state index in [0.29, 0.717) is 18.1 Å². The second-order valence-corrected chi connectivity index (χ2v) is 5.56. The smallest absolute Gasteiger partial charge is 0.246 e. The summed E-state index contributed by atoms with van der Waals surface area (Å²) < 4.78 is 1.96. The number of amides is 1. The van der Waals surface area contributed by atoms with Crippen molar-refractivity contribution in [1.29, 1.82) is 0 Å². The number of likely N-dealkylation sites (N-methyl/N-ethyl adjacent to an activating group) is 1. The van der Waals surface area contributed by atoms with E-state index in [1.54, 1.807) is 4.90 Å². The minimum absolute atomic E-state index is 0.0705. The van der Waals surface area contributed by atoms with E-state index in [-0.39, 0.29) is 5.91 Å². The van der Waals surface area contributed by atoms with Crippen LogP contribution in [0.3, 0.4) is 0 Å². The summed E-state index contributed by atoms with van der Waals surface area (Å²) in [5, 5.41) is 1.75. The van der Waals surface area contributed by atoms with E-state index in [4.69, 9.17) is 11.6 Å². The molecule has 1 amide bonds. The molecular formula is C18H17ClN2O. The Morgan fingerprint density at radius 1 is 1.14 bits per heavy atom. The number of aromatic nitrogens is 1. The molecule has 3 nitrogen and oxygen atoms in total. The van der Waals surface area contributed by atoms with Gasteiger partial charge in [-0.3, -0.25) is 4.79 Å². The average Bonchev–Trinajstić information content (AvgIpc) is 2.91. The highest BCUT2D eigenvalue weighted by Gasteiger charge is 2.15. The second-order valence-electron chi connectivity index (χ2n) is 5.12. The largest absolute Gasteiger partial charge is 0.338 e. The van der Waals surface area contributed by atoms with Gasteiger partial charge in [0.15, 0.2) is 0 Å². The van der Waals surface area contributed by atoms with Gasteiger partial charge in [0.2, 0.25) is 5.91 Å². The highest BCUT2D eigenvalue weighted by Crippen LogP contribution is 2.21. The highest BCUT2D eigenvalue weighted by molar-refractivity contribution is 6.31. The van der Waals surface area contributed by atoms with Crippen molar-refractivity contribution in [3.05, 3.63) is 65.8 Å². The Morgan fingerprint density at radius 2 is 1.91 bits per heavy atom. The first-order valence-corrected chi connectivity index (χ1v) is 7.66. The van der Waals surface area contributed by atoms with Gasteiger partial charge in [0, 0.05) is 34.4 Å². The Balaban J connectivity index is 1.86. The van der Waals surface area contributed by atoms with Crippen LogP contribution in [0.4, 0.5) is 5.69 Å². The summed E-state index contributed by atoms with van der Waals surface area (Å²) in [6.07, 6.45) is 1.93. The number of hydrogen-bond acceptors (Lipinski definition) is 1. The van der Waals surface area contributed by atoms with Gasteiger partial charge >= 0.3 is 0 Å². The van der Waals surface area contributed by atoms with Gasteiger partial charge in [0.1, 0.15) is 6.54 Å². The Hall–Kier alpha value is -2.26. The summed E-state index contributed by atoms with van der Waals surface area (Å²) in [4.78, 5) is 14.4. The molecule has 2 aromatic carbocycles. The fraction of sp³-hybridized carbons (Fsp3) is 0.167. The maximum absolute atomic E-state index is 12.6. The first-order chi connectivity index (χ1) is 10.7. The SMILES string of the molecule is CCN(C(=O)Cn1ccc2cc(Cl)ccc21)c1ccccc1. The van der Waals surface area contributed by atoms with Gasteiger partial charge in [-0.25, -0.2) is 0 Å². The summed E-state index contributed by atoms with van der Waals surface area (Å²) in [6, 6.07) is 17.4. The normalized spacial score (nSPS) is 10.8. The molecule has 0 unspecified atom stereocenters. The number of fused-ring (bicyclic) bond motifs is 1. The van der Waals surface area contributed by atoms with Crippen molar-refractivity contribution in [2.75, 3.05) is 11.4 Å². The Bertz CT molecular complexity index is 795. The van der Waals surface area contributed by atoms with E-state index in [1.165, 1.54) is 0 Å². The molecule has 0 bridgehead atoms. The molecule has 3 rings (SSSR count). The summed E-state index contributed by atoms with van der Waals surface area (Å²) in [6.45, 7) is 2.94. The summed E-state index contributed by atoms with van der Waals surface area (Å²) in [5.74, 6) is 0.0705. The number of benzene rings is 2. The van der Waals surface area contributed by atoms with Gasteiger partial charge in [-0.15, -0.1) is 0 Å². The van der Waals surface area contributed by atoms with E-state index in [0.717, 1.165) is 16.6 Å². The van der Waals surface area contributed by atoms with E-state index in [2.05, 4.69) is 0 Å². The fourth-order valence-electron chi connectivity index (χ4n) is 2.65. The van der Waals surface area contributed by atoms with Crippen LogP contribution in [0, 0.1) is 0 Å². The van der Waals surface area contributed by atoms with Crippen molar-refractivity contribution in [3.8, 4) is 0 Å². The first kappa shape index (κ1) is 14.7. The van der Waals surface area contributed by atoms with Crippen LogP contribution in [-0.4, -0.2) is 17.0 Å². The van der Waals surface area contributed by atoms with Crippen LogP contribution in [0.5, 0.6) is 0 Å². The van der Waals surface area contributed by atoms with Crippen molar-refractivity contribution in [1.82, 2.24) is 4.57 Å². The average molecular weight is 313 g/mol. The number of para-hydroxylation sites is 1. The molecule has 0 radical (unpaired) electrons. The summed E-state index contributed by atoms with van der Waals surface area (Å²) in [5.41, 5.74) is 1.94. The van der Waals surface area contributed by atoms with Crippen LogP contribution >= 0.6 is 11.6 Å². The zero-order valence-electron chi connectivity index (χ0n) is 12.4. The lowest BCUT2D eigenvalue weighted by atomic mass is 10.2. The topological polar surface area (TPSA) is 25.2 Å². The van der Waals surface area contributed by atoms with Gasteiger partial charge in [-0.2, -0.15) is 0 Å². The molecule has 1 heterocycles. The third kappa shape index (κ3) is 2.85. The fourth-order valence-corrected chi connectivity index (χ4v) is 2.83. The number of hydrogen-bond donors (Lipinski definition) is 0. The molecular weight excluding hydrogens is 296 g/mol. The van der Waals surface area contributed by atoms with Crippen LogP contribution in [0.15, 0.2) is 60.8 Å². The zero-order chi connectivity index (χ0) is 15.5. The van der Waals surface area contributed by atoms with Crippen LogP contribution in [0.2, 0.25) is 5.02 Å². The molecule has 4 heteroatoms. The predicted molar refractivity (Wildman–Crippen MR) is 91.4 cm³/mol. The summed E-state index contributed by atoms with van der Waals surface area (Å²) >= 11 is 6.00. The van der Waals surface area contributed by atoms with Crippen LogP contribution in [0.25, 0.3) is 10.9 Å². The molecule has 0 saturated carbocycles. The minimum atomic E-state index is 0.0705. The molecule has 3 aromatic rings. The van der Waals surface area contributed by atoms with Crippen LogP contribution < -0.4 is 4.90 Å². The minimum Gasteiger partial charge on any atom is -0.338 e. The van der Waals surface area contributed by atoms with Crippen molar-refractivity contribution < 1.29 is 4.79 Å². The molecule has 0 fully saturated rings. The van der Waals surface area contributed by atoms with E-state index >= 15 is 0 Å². The Labute approximate surface area is 134 Å². The van der Waals surface area contributed by atoms with Crippen molar-refractivity contribution >= 4 is 34.1 Å². The second kappa shape index (κ2) is 6.24. The number of carbonyl (C=O) groups is 1. The quantitative estimate of drug-likeness (QED) is 0.703.